The third-order valence-electron chi connectivity index (χ3n) is 2.33. The maximum Gasteiger partial charge on any atom is 0.336 e. The van der Waals surface area contributed by atoms with Crippen molar-refractivity contribution in [2.45, 2.75) is 0 Å². The normalized spacial score (nSPS) is 10.4. The molecule has 17 heavy (non-hydrogen) atoms. The molecular weight excluding hydrogens is 293 g/mol. The number of likely N-dealkylation sites (N-methyl/N-ethyl adjacent to an activating group) is 1. The second-order valence-corrected chi connectivity index (χ2v) is 4.27. The number of carboxylic acids is 1. The topological polar surface area (TPSA) is 49.8 Å². The second kappa shape index (κ2) is 5.97. The van der Waals surface area contributed by atoms with Crippen LogP contribution in [0.3, 0.4) is 0 Å². The van der Waals surface area contributed by atoms with Crippen molar-refractivity contribution in [3.63, 3.8) is 0 Å². The van der Waals surface area contributed by atoms with E-state index in [9.17, 15) is 9.18 Å². The number of hydrogen-bond donors (Lipinski definition) is 1. The molecule has 4 nitrogen and oxygen atoms in total. The number of methoxy groups -OCH3 is 1. The Morgan fingerprint density at radius 1 is 1.59 bits per heavy atom. The lowest BCUT2D eigenvalue weighted by atomic mass is 10.2. The number of benzene rings is 1. The lowest BCUT2D eigenvalue weighted by molar-refractivity contribution is 0.0695. The molecule has 0 aliphatic heterocycles. The number of rotatable bonds is 5. The van der Waals surface area contributed by atoms with Gasteiger partial charge in [-0.15, -0.1) is 0 Å². The smallest absolute Gasteiger partial charge is 0.336 e. The first-order valence-electron chi connectivity index (χ1n) is 4.90. The molecule has 0 amide bonds. The highest BCUT2D eigenvalue weighted by Gasteiger charge is 2.17. The van der Waals surface area contributed by atoms with Gasteiger partial charge in [-0.05, 0) is 28.1 Å². The van der Waals surface area contributed by atoms with Crippen LogP contribution in [-0.4, -0.2) is 38.4 Å². The van der Waals surface area contributed by atoms with Crippen molar-refractivity contribution >= 4 is 27.6 Å². The molecule has 6 heteroatoms. The molecular formula is C11H13BrFNO3. The predicted octanol–water partition coefficient (Wildman–Crippen LogP) is 2.37. The summed E-state index contributed by atoms with van der Waals surface area (Å²) in [5.74, 6) is -1.75. The van der Waals surface area contributed by atoms with E-state index in [4.69, 9.17) is 9.84 Å². The van der Waals surface area contributed by atoms with Gasteiger partial charge in [-0.3, -0.25) is 0 Å². The van der Waals surface area contributed by atoms with Crippen molar-refractivity contribution < 1.29 is 19.0 Å². The first-order chi connectivity index (χ1) is 7.99. The highest BCUT2D eigenvalue weighted by Crippen LogP contribution is 2.28. The predicted molar refractivity (Wildman–Crippen MR) is 66.2 cm³/mol. The fourth-order valence-electron chi connectivity index (χ4n) is 1.35. The van der Waals surface area contributed by atoms with Crippen LogP contribution in [0.1, 0.15) is 10.4 Å². The molecule has 0 radical (unpaired) electrons. The van der Waals surface area contributed by atoms with E-state index in [1.54, 1.807) is 19.1 Å². The number of anilines is 1. The second-order valence-electron chi connectivity index (χ2n) is 3.48. The standard InChI is InChI=1S/C11H13BrFNO3/c1-14(5-6-17-2)8-4-3-7(11(15)16)9(12)10(8)13/h3-4H,5-6H2,1-2H3,(H,15,16). The number of carboxylic acid groups (broad SMARTS) is 1. The molecule has 1 aromatic carbocycles. The lowest BCUT2D eigenvalue weighted by Gasteiger charge is -2.20. The van der Waals surface area contributed by atoms with E-state index >= 15 is 0 Å². The van der Waals surface area contributed by atoms with Gasteiger partial charge in [0.2, 0.25) is 0 Å². The van der Waals surface area contributed by atoms with Crippen LogP contribution in [-0.2, 0) is 4.74 Å². The summed E-state index contributed by atoms with van der Waals surface area (Å²) in [5.41, 5.74) is 0.241. The van der Waals surface area contributed by atoms with Crippen LogP contribution in [0.15, 0.2) is 16.6 Å². The first-order valence-corrected chi connectivity index (χ1v) is 5.69. The largest absolute Gasteiger partial charge is 0.478 e. The average molecular weight is 306 g/mol. The van der Waals surface area contributed by atoms with Gasteiger partial charge in [-0.2, -0.15) is 0 Å². The molecule has 1 aromatic rings. The first kappa shape index (κ1) is 13.9. The summed E-state index contributed by atoms with van der Waals surface area (Å²) < 4.78 is 18.8. The molecule has 0 fully saturated rings. The molecule has 0 spiro atoms. The molecule has 0 aliphatic rings. The summed E-state index contributed by atoms with van der Waals surface area (Å²) >= 11 is 2.95. The van der Waals surface area contributed by atoms with E-state index in [0.29, 0.717) is 18.8 Å². The number of aromatic carboxylic acids is 1. The highest BCUT2D eigenvalue weighted by atomic mass is 79.9. The summed E-state index contributed by atoms with van der Waals surface area (Å²) in [7, 11) is 3.28. The minimum Gasteiger partial charge on any atom is -0.478 e. The number of halogens is 2. The van der Waals surface area contributed by atoms with Crippen molar-refractivity contribution in [2.75, 3.05) is 32.2 Å². The molecule has 1 rings (SSSR count). The third-order valence-corrected chi connectivity index (χ3v) is 3.11. The minimum atomic E-state index is -1.16. The Kier molecular flexibility index (Phi) is 4.89. The molecule has 0 saturated heterocycles. The number of hydrogen-bond acceptors (Lipinski definition) is 3. The summed E-state index contributed by atoms with van der Waals surface area (Å²) in [5, 5.41) is 8.83. The van der Waals surface area contributed by atoms with Crippen molar-refractivity contribution in [3.8, 4) is 0 Å². The van der Waals surface area contributed by atoms with E-state index in [1.807, 2.05) is 0 Å². The maximum absolute atomic E-state index is 13.9. The third kappa shape index (κ3) is 3.17. The van der Waals surface area contributed by atoms with Crippen molar-refractivity contribution in [1.82, 2.24) is 0 Å². The minimum absolute atomic E-state index is 0.0354. The van der Waals surface area contributed by atoms with Crippen molar-refractivity contribution in [1.29, 1.82) is 0 Å². The van der Waals surface area contributed by atoms with Crippen LogP contribution in [0, 0.1) is 5.82 Å². The van der Waals surface area contributed by atoms with Crippen LogP contribution in [0.4, 0.5) is 10.1 Å². The summed E-state index contributed by atoms with van der Waals surface area (Å²) in [4.78, 5) is 12.5. The number of carbonyl (C=O) groups is 1. The Balaban J connectivity index is 3.03. The number of ether oxygens (including phenoxy) is 1. The van der Waals surface area contributed by atoms with Gasteiger partial charge >= 0.3 is 5.97 Å². The number of nitrogens with zero attached hydrogens (tertiary/aromatic N) is 1. The zero-order valence-electron chi connectivity index (χ0n) is 9.54. The Morgan fingerprint density at radius 2 is 2.24 bits per heavy atom. The Bertz CT molecular complexity index is 425. The Labute approximate surface area is 107 Å². The van der Waals surface area contributed by atoms with Gasteiger partial charge in [0, 0.05) is 20.7 Å². The zero-order valence-corrected chi connectivity index (χ0v) is 11.1. The molecule has 0 unspecified atom stereocenters. The summed E-state index contributed by atoms with van der Waals surface area (Å²) in [6.07, 6.45) is 0. The summed E-state index contributed by atoms with van der Waals surface area (Å²) in [6, 6.07) is 2.81. The Hall–Kier alpha value is -1.14. The van der Waals surface area contributed by atoms with Crippen LogP contribution in [0.25, 0.3) is 0 Å². The van der Waals surface area contributed by atoms with Crippen LogP contribution in [0.5, 0.6) is 0 Å². The van der Waals surface area contributed by atoms with E-state index < -0.39 is 11.8 Å². The van der Waals surface area contributed by atoms with Gasteiger partial charge in [-0.25, -0.2) is 9.18 Å². The van der Waals surface area contributed by atoms with Crippen molar-refractivity contribution in [2.24, 2.45) is 0 Å². The fraction of sp³-hybridized carbons (Fsp3) is 0.364. The van der Waals surface area contributed by atoms with Crippen LogP contribution >= 0.6 is 15.9 Å². The summed E-state index contributed by atoms with van der Waals surface area (Å²) in [6.45, 7) is 0.987. The molecule has 0 saturated carbocycles. The van der Waals surface area contributed by atoms with E-state index in [1.165, 1.54) is 12.1 Å². The monoisotopic (exact) mass is 305 g/mol. The molecule has 0 atom stereocenters. The van der Waals surface area contributed by atoms with E-state index in [0.717, 1.165) is 0 Å². The SMILES string of the molecule is COCCN(C)c1ccc(C(=O)O)c(Br)c1F. The lowest BCUT2D eigenvalue weighted by Crippen LogP contribution is -2.23. The van der Waals surface area contributed by atoms with E-state index in [-0.39, 0.29) is 10.0 Å². The van der Waals surface area contributed by atoms with Crippen molar-refractivity contribution in [3.05, 3.63) is 28.0 Å². The molecule has 0 heterocycles. The van der Waals surface area contributed by atoms with Crippen LogP contribution < -0.4 is 4.90 Å². The zero-order chi connectivity index (χ0) is 13.0. The maximum atomic E-state index is 13.9. The Morgan fingerprint density at radius 3 is 2.76 bits per heavy atom. The quantitative estimate of drug-likeness (QED) is 0.907. The van der Waals surface area contributed by atoms with Gasteiger partial charge in [0.15, 0.2) is 5.82 Å². The van der Waals surface area contributed by atoms with Gasteiger partial charge < -0.3 is 14.7 Å². The van der Waals surface area contributed by atoms with Gasteiger partial charge in [-0.1, -0.05) is 0 Å². The van der Waals surface area contributed by atoms with Gasteiger partial charge in [0.05, 0.1) is 22.3 Å². The molecule has 0 aromatic heterocycles. The van der Waals surface area contributed by atoms with Gasteiger partial charge in [0.1, 0.15) is 0 Å². The molecule has 0 aliphatic carbocycles. The molecule has 0 bridgehead atoms. The fourth-order valence-corrected chi connectivity index (χ4v) is 1.85. The van der Waals surface area contributed by atoms with Gasteiger partial charge in [0.25, 0.3) is 0 Å². The van der Waals surface area contributed by atoms with Crippen LogP contribution in [0.2, 0.25) is 0 Å². The molecule has 1 N–H and O–H groups in total. The highest BCUT2D eigenvalue weighted by molar-refractivity contribution is 9.10. The average Bonchev–Trinajstić information content (AvgIpc) is 2.29. The molecule has 94 valence electrons. The van der Waals surface area contributed by atoms with E-state index in [2.05, 4.69) is 15.9 Å².